The van der Waals surface area contributed by atoms with E-state index in [0.717, 1.165) is 17.7 Å². The van der Waals surface area contributed by atoms with E-state index in [9.17, 15) is 4.79 Å². The average Bonchev–Trinajstić information content (AvgIpc) is 2.53. The van der Waals surface area contributed by atoms with Crippen molar-refractivity contribution in [2.45, 2.75) is 25.4 Å². The molecule has 0 aromatic heterocycles. The highest BCUT2D eigenvalue weighted by Crippen LogP contribution is 2.41. The summed E-state index contributed by atoms with van der Waals surface area (Å²) < 4.78 is 0. The molecule has 0 saturated carbocycles. The average molecular weight is 335 g/mol. The van der Waals surface area contributed by atoms with Gasteiger partial charge < -0.3 is 10.6 Å². The molecule has 2 atom stereocenters. The van der Waals surface area contributed by atoms with Crippen LogP contribution in [-0.4, -0.2) is 11.9 Å². The number of rotatable bonds is 3. The highest BCUT2D eigenvalue weighted by molar-refractivity contribution is 6.35. The Hall–Kier alpha value is -1.55. The molecule has 3 rings (SSSR count). The Morgan fingerprint density at radius 3 is 2.41 bits per heavy atom. The van der Waals surface area contributed by atoms with E-state index in [2.05, 4.69) is 6.92 Å². The van der Waals surface area contributed by atoms with E-state index < -0.39 is 6.04 Å². The number of carbonyl (C=O) groups excluding carboxylic acids is 1. The van der Waals surface area contributed by atoms with Gasteiger partial charge >= 0.3 is 0 Å². The van der Waals surface area contributed by atoms with Crippen molar-refractivity contribution in [3.8, 4) is 0 Å². The molecule has 1 aliphatic rings. The molecule has 2 aromatic carbocycles. The first-order valence-electron chi connectivity index (χ1n) is 7.15. The summed E-state index contributed by atoms with van der Waals surface area (Å²) in [7, 11) is 0. The maximum absolute atomic E-state index is 12.2. The van der Waals surface area contributed by atoms with E-state index in [-0.39, 0.29) is 11.9 Å². The highest BCUT2D eigenvalue weighted by Gasteiger charge is 2.47. The monoisotopic (exact) mass is 334 g/mol. The molecular weight excluding hydrogens is 319 g/mol. The van der Waals surface area contributed by atoms with Crippen molar-refractivity contribution in [3.63, 3.8) is 0 Å². The number of benzene rings is 2. The molecule has 1 fully saturated rings. The first kappa shape index (κ1) is 15.3. The van der Waals surface area contributed by atoms with Crippen LogP contribution in [0, 0.1) is 0 Å². The molecule has 1 amide bonds. The zero-order valence-corrected chi connectivity index (χ0v) is 13.6. The summed E-state index contributed by atoms with van der Waals surface area (Å²) in [6.45, 7) is 2.09. The molecule has 2 unspecified atom stereocenters. The van der Waals surface area contributed by atoms with Crippen molar-refractivity contribution in [2.75, 3.05) is 4.90 Å². The maximum Gasteiger partial charge on any atom is 0.247 e. The zero-order chi connectivity index (χ0) is 15.9. The van der Waals surface area contributed by atoms with Crippen LogP contribution in [-0.2, 0) is 11.2 Å². The van der Waals surface area contributed by atoms with Crippen LogP contribution in [0.2, 0.25) is 10.0 Å². The number of nitrogens with zero attached hydrogens (tertiary/aromatic N) is 1. The van der Waals surface area contributed by atoms with Gasteiger partial charge in [-0.15, -0.1) is 0 Å². The third kappa shape index (κ3) is 2.50. The third-order valence-corrected chi connectivity index (χ3v) is 4.61. The van der Waals surface area contributed by atoms with E-state index in [0.29, 0.717) is 10.0 Å². The van der Waals surface area contributed by atoms with Gasteiger partial charge in [-0.1, -0.05) is 48.3 Å². The molecule has 0 bridgehead atoms. The lowest BCUT2D eigenvalue weighted by Crippen LogP contribution is -2.63. The van der Waals surface area contributed by atoms with Gasteiger partial charge in [0.25, 0.3) is 0 Å². The summed E-state index contributed by atoms with van der Waals surface area (Å²) in [5, 5.41) is 1.09. The fraction of sp³-hybridized carbons (Fsp3) is 0.235. The fourth-order valence-corrected chi connectivity index (χ4v) is 3.29. The maximum atomic E-state index is 12.2. The van der Waals surface area contributed by atoms with E-state index in [1.165, 1.54) is 5.56 Å². The number of amides is 1. The minimum Gasteiger partial charge on any atom is -0.318 e. The van der Waals surface area contributed by atoms with Crippen LogP contribution < -0.4 is 10.6 Å². The Morgan fingerprint density at radius 2 is 1.82 bits per heavy atom. The van der Waals surface area contributed by atoms with Gasteiger partial charge in [-0.25, -0.2) is 0 Å². The van der Waals surface area contributed by atoms with Crippen molar-refractivity contribution in [1.29, 1.82) is 0 Å². The molecule has 114 valence electrons. The summed E-state index contributed by atoms with van der Waals surface area (Å²) in [4.78, 5) is 13.9. The smallest absolute Gasteiger partial charge is 0.247 e. The van der Waals surface area contributed by atoms with E-state index >= 15 is 0 Å². The van der Waals surface area contributed by atoms with Crippen molar-refractivity contribution in [3.05, 3.63) is 63.6 Å². The number of hydrogen-bond donors (Lipinski definition) is 1. The third-order valence-electron chi connectivity index (χ3n) is 4.04. The number of halogens is 2. The lowest BCUT2D eigenvalue weighted by molar-refractivity contribution is -0.126. The van der Waals surface area contributed by atoms with Gasteiger partial charge in [-0.3, -0.25) is 4.79 Å². The topological polar surface area (TPSA) is 46.3 Å². The second kappa shape index (κ2) is 5.92. The largest absolute Gasteiger partial charge is 0.318 e. The van der Waals surface area contributed by atoms with Crippen LogP contribution in [0.1, 0.15) is 24.1 Å². The SMILES string of the molecule is CCc1ccc(N2C(=O)C(N)C2c2ccc(Cl)cc2Cl)cc1. The van der Waals surface area contributed by atoms with Gasteiger partial charge in [-0.2, -0.15) is 0 Å². The van der Waals surface area contributed by atoms with E-state index in [1.54, 1.807) is 17.0 Å². The summed E-state index contributed by atoms with van der Waals surface area (Å²) in [6.07, 6.45) is 0.959. The first-order chi connectivity index (χ1) is 10.5. The molecule has 0 aliphatic carbocycles. The van der Waals surface area contributed by atoms with Crippen molar-refractivity contribution in [1.82, 2.24) is 0 Å². The fourth-order valence-electron chi connectivity index (χ4n) is 2.77. The molecular formula is C17H16Cl2N2O. The van der Waals surface area contributed by atoms with Gasteiger partial charge in [0, 0.05) is 15.7 Å². The molecule has 1 saturated heterocycles. The summed E-state index contributed by atoms with van der Waals surface area (Å²) in [5.41, 5.74) is 8.88. The normalized spacial score (nSPS) is 20.9. The second-order valence-electron chi connectivity index (χ2n) is 5.36. The van der Waals surface area contributed by atoms with Crippen LogP contribution in [0.15, 0.2) is 42.5 Å². The van der Waals surface area contributed by atoms with Crippen molar-refractivity contribution >= 4 is 34.8 Å². The number of anilines is 1. The van der Waals surface area contributed by atoms with Crippen molar-refractivity contribution < 1.29 is 4.79 Å². The zero-order valence-electron chi connectivity index (χ0n) is 12.1. The van der Waals surface area contributed by atoms with Gasteiger partial charge in [-0.05, 0) is 41.8 Å². The number of β-lactam (4-membered cyclic amide) rings is 1. The minimum atomic E-state index is -0.579. The summed E-state index contributed by atoms with van der Waals surface area (Å²) in [6, 6.07) is 12.4. The molecule has 1 aliphatic heterocycles. The standard InChI is InChI=1S/C17H16Cl2N2O/c1-2-10-3-6-12(7-4-10)21-16(15(20)17(21)22)13-8-5-11(18)9-14(13)19/h3-9,15-16H,2,20H2,1H3. The second-order valence-corrected chi connectivity index (χ2v) is 6.21. The Morgan fingerprint density at radius 1 is 1.14 bits per heavy atom. The number of hydrogen-bond acceptors (Lipinski definition) is 2. The van der Waals surface area contributed by atoms with Crippen LogP contribution in [0.4, 0.5) is 5.69 Å². The molecule has 2 aromatic rings. The minimum absolute atomic E-state index is 0.0970. The predicted octanol–water partition coefficient (Wildman–Crippen LogP) is 3.97. The highest BCUT2D eigenvalue weighted by atomic mass is 35.5. The number of aryl methyl sites for hydroxylation is 1. The number of nitrogens with two attached hydrogens (primary N) is 1. The predicted molar refractivity (Wildman–Crippen MR) is 90.5 cm³/mol. The van der Waals surface area contributed by atoms with Crippen LogP contribution in [0.3, 0.4) is 0 Å². The Balaban J connectivity index is 1.97. The first-order valence-corrected chi connectivity index (χ1v) is 7.91. The summed E-state index contributed by atoms with van der Waals surface area (Å²) >= 11 is 12.2. The van der Waals surface area contributed by atoms with Crippen LogP contribution in [0.5, 0.6) is 0 Å². The Bertz CT molecular complexity index is 715. The van der Waals surface area contributed by atoms with Gasteiger partial charge in [0.1, 0.15) is 6.04 Å². The molecule has 1 heterocycles. The van der Waals surface area contributed by atoms with Gasteiger partial charge in [0.2, 0.25) is 5.91 Å². The molecule has 0 radical (unpaired) electrons. The van der Waals surface area contributed by atoms with E-state index in [4.69, 9.17) is 28.9 Å². The Labute approximate surface area is 139 Å². The Kier molecular flexibility index (Phi) is 4.13. The van der Waals surface area contributed by atoms with E-state index in [1.807, 2.05) is 30.3 Å². The van der Waals surface area contributed by atoms with Crippen LogP contribution in [0.25, 0.3) is 0 Å². The molecule has 2 N–H and O–H groups in total. The van der Waals surface area contributed by atoms with Crippen LogP contribution >= 0.6 is 23.2 Å². The molecule has 3 nitrogen and oxygen atoms in total. The lowest BCUT2D eigenvalue weighted by atomic mass is 9.88. The van der Waals surface area contributed by atoms with Gasteiger partial charge in [0.15, 0.2) is 0 Å². The molecule has 22 heavy (non-hydrogen) atoms. The number of carbonyl (C=O) groups is 1. The summed E-state index contributed by atoms with van der Waals surface area (Å²) in [5.74, 6) is -0.0970. The van der Waals surface area contributed by atoms with Crippen molar-refractivity contribution in [2.24, 2.45) is 5.73 Å². The quantitative estimate of drug-likeness (QED) is 0.863. The lowest BCUT2D eigenvalue weighted by Gasteiger charge is -2.46. The molecule has 0 spiro atoms. The van der Waals surface area contributed by atoms with Gasteiger partial charge in [0.05, 0.1) is 6.04 Å². The molecule has 5 heteroatoms.